The number of carbonyl (C=O) groups is 1. The summed E-state index contributed by atoms with van der Waals surface area (Å²) in [6.07, 6.45) is 1.83. The van der Waals surface area contributed by atoms with Gasteiger partial charge in [0.15, 0.2) is 21.9 Å². The van der Waals surface area contributed by atoms with Gasteiger partial charge < -0.3 is 14.5 Å². The van der Waals surface area contributed by atoms with Gasteiger partial charge in [0.1, 0.15) is 17.6 Å². The van der Waals surface area contributed by atoms with Crippen LogP contribution in [0.5, 0.6) is 5.75 Å². The molecule has 1 unspecified atom stereocenters. The Hall–Kier alpha value is -3.13. The van der Waals surface area contributed by atoms with Gasteiger partial charge in [-0.25, -0.2) is 8.42 Å². The maximum absolute atomic E-state index is 12.7. The van der Waals surface area contributed by atoms with Crippen molar-refractivity contribution in [2.24, 2.45) is 0 Å². The van der Waals surface area contributed by atoms with Crippen molar-refractivity contribution in [3.8, 4) is 16.9 Å². The molecule has 1 N–H and O–H groups in total. The molecule has 1 atom stereocenters. The summed E-state index contributed by atoms with van der Waals surface area (Å²) in [5, 5.41) is 3.08. The van der Waals surface area contributed by atoms with E-state index in [1.54, 1.807) is 18.2 Å². The van der Waals surface area contributed by atoms with E-state index in [1.807, 2.05) is 30.3 Å². The number of sulfone groups is 1. The summed E-state index contributed by atoms with van der Waals surface area (Å²) in [6, 6.07) is 13.6. The molecule has 0 spiro atoms. The van der Waals surface area contributed by atoms with Gasteiger partial charge in [0.05, 0.1) is 22.5 Å². The first-order valence-electron chi connectivity index (χ1n) is 9.15. The zero-order chi connectivity index (χ0) is 20.4. The minimum absolute atomic E-state index is 0.0381. The fraction of sp³-hybridized carbons (Fsp3) is 0.238. The van der Waals surface area contributed by atoms with Crippen LogP contribution < -0.4 is 15.5 Å². The first-order valence-corrected chi connectivity index (χ1v) is 11.0. The number of rotatable bonds is 5. The molecule has 7 nitrogen and oxygen atoms in total. The Morgan fingerprint density at radius 3 is 2.69 bits per heavy atom. The normalized spacial score (nSPS) is 17.9. The van der Waals surface area contributed by atoms with Crippen LogP contribution in [0, 0.1) is 0 Å². The van der Waals surface area contributed by atoms with E-state index in [0.717, 1.165) is 5.56 Å². The second-order valence-electron chi connectivity index (χ2n) is 6.96. The highest BCUT2D eigenvalue weighted by Crippen LogP contribution is 2.23. The van der Waals surface area contributed by atoms with Crippen LogP contribution in [0.3, 0.4) is 0 Å². The van der Waals surface area contributed by atoms with Crippen molar-refractivity contribution in [3.63, 3.8) is 0 Å². The van der Waals surface area contributed by atoms with Gasteiger partial charge in [0, 0.05) is 12.1 Å². The van der Waals surface area contributed by atoms with E-state index in [1.165, 1.54) is 6.26 Å². The van der Waals surface area contributed by atoms with E-state index in [-0.39, 0.29) is 29.6 Å². The molecule has 0 aliphatic carbocycles. The first-order chi connectivity index (χ1) is 13.9. The summed E-state index contributed by atoms with van der Waals surface area (Å²) in [4.78, 5) is 24.7. The van der Waals surface area contributed by atoms with Crippen LogP contribution in [-0.4, -0.2) is 38.5 Å². The van der Waals surface area contributed by atoms with Crippen molar-refractivity contribution in [3.05, 3.63) is 65.0 Å². The van der Waals surface area contributed by atoms with Crippen molar-refractivity contribution in [2.75, 3.05) is 18.1 Å². The fourth-order valence-electron chi connectivity index (χ4n) is 3.34. The molecule has 0 radical (unpaired) electrons. The Morgan fingerprint density at radius 2 is 1.97 bits per heavy atom. The van der Waals surface area contributed by atoms with Gasteiger partial charge in [-0.05, 0) is 24.1 Å². The molecule has 1 saturated heterocycles. The molecule has 1 aliphatic heterocycles. The van der Waals surface area contributed by atoms with Gasteiger partial charge in [-0.15, -0.1) is 0 Å². The number of carbonyl (C=O) groups excluding carboxylic acids is 1. The average Bonchev–Trinajstić information content (AvgIpc) is 3.05. The standard InChI is InChI=1S/C21H19NO6S/c23-20(22-15-8-9-29(25,26)13-15)12-27-16-6-7-17-19(10-16)28-11-18(21(17)24)14-4-2-1-3-5-14/h1-7,10-11,15H,8-9,12-13H2,(H,22,23). The van der Waals surface area contributed by atoms with Crippen molar-refractivity contribution < 1.29 is 22.4 Å². The molecule has 0 bridgehead atoms. The Morgan fingerprint density at radius 1 is 1.17 bits per heavy atom. The summed E-state index contributed by atoms with van der Waals surface area (Å²) in [5.41, 5.74) is 1.45. The number of fused-ring (bicyclic) bond motifs is 1. The molecule has 0 saturated carbocycles. The predicted molar refractivity (Wildman–Crippen MR) is 109 cm³/mol. The molecule has 3 aromatic rings. The topological polar surface area (TPSA) is 103 Å². The first kappa shape index (κ1) is 19.2. The molecular weight excluding hydrogens is 394 g/mol. The molecule has 1 amide bonds. The van der Waals surface area contributed by atoms with Crippen LogP contribution in [0.4, 0.5) is 0 Å². The van der Waals surface area contributed by atoms with Crippen LogP contribution in [0.1, 0.15) is 6.42 Å². The maximum atomic E-state index is 12.7. The second-order valence-corrected chi connectivity index (χ2v) is 9.19. The number of nitrogens with one attached hydrogen (secondary N) is 1. The van der Waals surface area contributed by atoms with Crippen molar-refractivity contribution in [1.29, 1.82) is 0 Å². The van der Waals surface area contributed by atoms with Crippen molar-refractivity contribution in [2.45, 2.75) is 12.5 Å². The molecule has 2 aromatic carbocycles. The van der Waals surface area contributed by atoms with Crippen LogP contribution in [0.15, 0.2) is 64.0 Å². The molecule has 8 heteroatoms. The van der Waals surface area contributed by atoms with Gasteiger partial charge in [0.25, 0.3) is 5.91 Å². The lowest BCUT2D eigenvalue weighted by Crippen LogP contribution is -2.38. The third-order valence-electron chi connectivity index (χ3n) is 4.80. The van der Waals surface area contributed by atoms with Gasteiger partial charge in [-0.2, -0.15) is 0 Å². The molecule has 1 aliphatic rings. The van der Waals surface area contributed by atoms with E-state index in [9.17, 15) is 18.0 Å². The number of hydrogen-bond acceptors (Lipinski definition) is 6. The summed E-state index contributed by atoms with van der Waals surface area (Å²) < 4.78 is 34.0. The zero-order valence-corrected chi connectivity index (χ0v) is 16.3. The van der Waals surface area contributed by atoms with E-state index < -0.39 is 15.7 Å². The quantitative estimate of drug-likeness (QED) is 0.688. The Balaban J connectivity index is 1.45. The van der Waals surface area contributed by atoms with Gasteiger partial charge in [-0.1, -0.05) is 30.3 Å². The summed E-state index contributed by atoms with van der Waals surface area (Å²) in [6.45, 7) is -0.256. The Bertz CT molecular complexity index is 1220. The average molecular weight is 413 g/mol. The second kappa shape index (κ2) is 7.71. The lowest BCUT2D eigenvalue weighted by molar-refractivity contribution is -0.123. The smallest absolute Gasteiger partial charge is 0.258 e. The summed E-state index contributed by atoms with van der Waals surface area (Å²) in [5.74, 6) is 0.0345. The Labute approximate surface area is 167 Å². The summed E-state index contributed by atoms with van der Waals surface area (Å²) >= 11 is 0. The van der Waals surface area contributed by atoms with E-state index in [2.05, 4.69) is 5.32 Å². The number of hydrogen-bond donors (Lipinski definition) is 1. The lowest BCUT2D eigenvalue weighted by atomic mass is 10.1. The SMILES string of the molecule is O=C(COc1ccc2c(=O)c(-c3ccccc3)coc2c1)NC1CCS(=O)(=O)C1. The van der Waals surface area contributed by atoms with Gasteiger partial charge >= 0.3 is 0 Å². The van der Waals surface area contributed by atoms with Crippen LogP contribution in [0.25, 0.3) is 22.1 Å². The number of amides is 1. The largest absolute Gasteiger partial charge is 0.484 e. The third kappa shape index (κ3) is 4.32. The predicted octanol–water partition coefficient (Wildman–Crippen LogP) is 2.14. The monoisotopic (exact) mass is 413 g/mol. The van der Waals surface area contributed by atoms with Crippen LogP contribution >= 0.6 is 0 Å². The Kier molecular flexibility index (Phi) is 5.10. The highest BCUT2D eigenvalue weighted by atomic mass is 32.2. The molecule has 4 rings (SSSR count). The van der Waals surface area contributed by atoms with Crippen molar-refractivity contribution in [1.82, 2.24) is 5.32 Å². The lowest BCUT2D eigenvalue weighted by Gasteiger charge is -2.12. The maximum Gasteiger partial charge on any atom is 0.258 e. The number of ether oxygens (including phenoxy) is 1. The van der Waals surface area contributed by atoms with E-state index >= 15 is 0 Å². The highest BCUT2D eigenvalue weighted by Gasteiger charge is 2.28. The number of benzene rings is 2. The third-order valence-corrected chi connectivity index (χ3v) is 6.57. The van der Waals surface area contributed by atoms with Crippen LogP contribution in [-0.2, 0) is 14.6 Å². The molecular formula is C21H19NO6S. The minimum Gasteiger partial charge on any atom is -0.484 e. The van der Waals surface area contributed by atoms with E-state index in [4.69, 9.17) is 9.15 Å². The molecule has 1 aromatic heterocycles. The summed E-state index contributed by atoms with van der Waals surface area (Å²) in [7, 11) is -3.06. The van der Waals surface area contributed by atoms with Gasteiger partial charge in [-0.3, -0.25) is 9.59 Å². The van der Waals surface area contributed by atoms with E-state index in [0.29, 0.717) is 28.7 Å². The minimum atomic E-state index is -3.06. The molecule has 2 heterocycles. The molecule has 150 valence electrons. The van der Waals surface area contributed by atoms with Crippen molar-refractivity contribution >= 4 is 26.7 Å². The van der Waals surface area contributed by atoms with Gasteiger partial charge in [0.2, 0.25) is 0 Å². The highest BCUT2D eigenvalue weighted by molar-refractivity contribution is 7.91. The zero-order valence-electron chi connectivity index (χ0n) is 15.5. The van der Waals surface area contributed by atoms with Crippen LogP contribution in [0.2, 0.25) is 0 Å². The fourth-order valence-corrected chi connectivity index (χ4v) is 5.02. The molecule has 1 fully saturated rings. The molecule has 29 heavy (non-hydrogen) atoms.